The number of aromatic hydroxyl groups is 1. The van der Waals surface area contributed by atoms with Crippen LogP contribution in [-0.2, 0) is 4.79 Å². The number of benzene rings is 2. The van der Waals surface area contributed by atoms with E-state index in [-0.39, 0.29) is 11.7 Å². The van der Waals surface area contributed by atoms with Crippen molar-refractivity contribution in [2.24, 2.45) is 0 Å². The summed E-state index contributed by atoms with van der Waals surface area (Å²) in [6, 6.07) is 9.93. The van der Waals surface area contributed by atoms with Crippen LogP contribution in [0.3, 0.4) is 0 Å². The molecule has 32 heavy (non-hydrogen) atoms. The van der Waals surface area contributed by atoms with Gasteiger partial charge in [0.15, 0.2) is 11.5 Å². The molecule has 1 aromatic heterocycles. The highest BCUT2D eigenvalue weighted by Crippen LogP contribution is 2.42. The molecule has 10 heteroatoms. The zero-order valence-corrected chi connectivity index (χ0v) is 19.3. The van der Waals surface area contributed by atoms with E-state index in [0.717, 1.165) is 0 Å². The smallest absolute Gasteiger partial charge is 0.255 e. The summed E-state index contributed by atoms with van der Waals surface area (Å²) in [6.45, 7) is 4.02. The molecule has 0 unspecified atom stereocenters. The van der Waals surface area contributed by atoms with Gasteiger partial charge in [0.1, 0.15) is 18.1 Å². The van der Waals surface area contributed by atoms with Gasteiger partial charge in [-0.25, -0.2) is 4.68 Å². The van der Waals surface area contributed by atoms with Crippen LogP contribution in [0.5, 0.6) is 17.2 Å². The van der Waals surface area contributed by atoms with E-state index in [1.807, 2.05) is 13.8 Å². The Balaban J connectivity index is 1.77. The molecule has 0 spiro atoms. The van der Waals surface area contributed by atoms with Gasteiger partial charge < -0.3 is 25.2 Å². The first kappa shape index (κ1) is 21.7. The zero-order valence-electron chi connectivity index (χ0n) is 17.7. The summed E-state index contributed by atoms with van der Waals surface area (Å²) in [7, 11) is 1.59. The van der Waals surface area contributed by atoms with Crippen molar-refractivity contribution >= 4 is 33.5 Å². The van der Waals surface area contributed by atoms with E-state index in [1.165, 1.54) is 6.33 Å². The van der Waals surface area contributed by atoms with Gasteiger partial charge in [-0.15, -0.1) is 0 Å². The number of hydrogen-bond donors (Lipinski definition) is 3. The molecule has 1 aliphatic heterocycles. The van der Waals surface area contributed by atoms with Gasteiger partial charge in [0.2, 0.25) is 5.95 Å². The largest absolute Gasteiger partial charge is 0.503 e. The van der Waals surface area contributed by atoms with E-state index in [9.17, 15) is 9.90 Å². The fourth-order valence-electron chi connectivity index (χ4n) is 3.58. The maximum Gasteiger partial charge on any atom is 0.255 e. The maximum absolute atomic E-state index is 13.4. The first-order chi connectivity index (χ1) is 15.4. The van der Waals surface area contributed by atoms with Gasteiger partial charge in [-0.2, -0.15) is 10.1 Å². The lowest BCUT2D eigenvalue weighted by molar-refractivity contribution is -0.113. The molecule has 0 aliphatic carbocycles. The van der Waals surface area contributed by atoms with Gasteiger partial charge in [-0.05, 0) is 71.7 Å². The number of methoxy groups -OCH3 is 1. The molecule has 2 heterocycles. The third-order valence-electron chi connectivity index (χ3n) is 5.05. The number of hydrogen-bond acceptors (Lipinski definition) is 7. The van der Waals surface area contributed by atoms with Gasteiger partial charge >= 0.3 is 0 Å². The number of allylic oxidation sites excluding steroid dienone is 1. The highest BCUT2D eigenvalue weighted by molar-refractivity contribution is 9.10. The van der Waals surface area contributed by atoms with Crippen LogP contribution in [-0.4, -0.2) is 39.5 Å². The Hall–Kier alpha value is -3.53. The van der Waals surface area contributed by atoms with Gasteiger partial charge in [0.25, 0.3) is 5.91 Å². The van der Waals surface area contributed by atoms with Crippen molar-refractivity contribution in [3.8, 4) is 17.2 Å². The summed E-state index contributed by atoms with van der Waals surface area (Å²) in [5.74, 6) is 1.21. The van der Waals surface area contributed by atoms with E-state index >= 15 is 0 Å². The minimum atomic E-state index is -0.594. The number of nitrogens with one attached hydrogen (secondary N) is 2. The number of carbonyl (C=O) groups excluding carboxylic acids is 1. The molecule has 1 aliphatic rings. The zero-order chi connectivity index (χ0) is 22.8. The van der Waals surface area contributed by atoms with Gasteiger partial charge in [-0.3, -0.25) is 4.79 Å². The Morgan fingerprint density at radius 1 is 1.31 bits per heavy atom. The molecule has 3 N–H and O–H groups in total. The van der Waals surface area contributed by atoms with E-state index in [1.54, 1.807) is 48.2 Å². The summed E-state index contributed by atoms with van der Waals surface area (Å²) in [5, 5.41) is 20.8. The van der Waals surface area contributed by atoms with Crippen molar-refractivity contribution in [3.05, 3.63) is 64.0 Å². The lowest BCUT2D eigenvalue weighted by atomic mass is 9.94. The van der Waals surface area contributed by atoms with Crippen molar-refractivity contribution in [1.29, 1.82) is 0 Å². The summed E-state index contributed by atoms with van der Waals surface area (Å²) in [4.78, 5) is 17.7. The summed E-state index contributed by atoms with van der Waals surface area (Å²) in [5.41, 5.74) is 2.43. The predicted octanol–water partition coefficient (Wildman–Crippen LogP) is 4.08. The number of phenols is 1. The Bertz CT molecular complexity index is 1190. The molecule has 9 nitrogen and oxygen atoms in total. The Kier molecular flexibility index (Phi) is 6.04. The van der Waals surface area contributed by atoms with Crippen molar-refractivity contribution < 1.29 is 19.4 Å². The quantitative estimate of drug-likeness (QED) is 0.468. The molecule has 166 valence electrons. The van der Waals surface area contributed by atoms with Gasteiger partial charge in [0, 0.05) is 11.4 Å². The van der Waals surface area contributed by atoms with Crippen LogP contribution in [0.15, 0.2) is 58.5 Å². The van der Waals surface area contributed by atoms with Crippen LogP contribution >= 0.6 is 15.9 Å². The minimum absolute atomic E-state index is 0.00622. The van der Waals surface area contributed by atoms with Crippen molar-refractivity contribution in [3.63, 3.8) is 0 Å². The molecule has 2 aromatic carbocycles. The average Bonchev–Trinajstić information content (AvgIpc) is 3.24. The van der Waals surface area contributed by atoms with Crippen molar-refractivity contribution in [1.82, 2.24) is 14.8 Å². The fourth-order valence-corrected chi connectivity index (χ4v) is 4.04. The summed E-state index contributed by atoms with van der Waals surface area (Å²) in [6.07, 6.45) is 1.42. The second kappa shape index (κ2) is 8.91. The third kappa shape index (κ3) is 4.01. The van der Waals surface area contributed by atoms with Gasteiger partial charge in [0.05, 0.1) is 23.8 Å². The molecule has 0 bridgehead atoms. The molecular formula is C22H22BrN5O4. The van der Waals surface area contributed by atoms with Crippen LogP contribution in [0.25, 0.3) is 0 Å². The Morgan fingerprint density at radius 2 is 2.06 bits per heavy atom. The normalized spacial score (nSPS) is 15.1. The lowest BCUT2D eigenvalue weighted by Crippen LogP contribution is -2.31. The lowest BCUT2D eigenvalue weighted by Gasteiger charge is -2.29. The fraction of sp³-hybridized carbons (Fsp3) is 0.227. The highest BCUT2D eigenvalue weighted by Gasteiger charge is 2.34. The number of halogens is 1. The molecule has 3 aromatic rings. The second-order valence-electron chi connectivity index (χ2n) is 7.06. The standard InChI is InChI=1S/C22H22BrN5O4/c1-4-32-17-10-13(9-16(23)20(17)29)19-18(12(2)26-22-24-11-25-28(19)22)21(30)27-14-5-7-15(31-3)8-6-14/h5-11,19,29H,4H2,1-3H3,(H,27,30)(H,24,25,26)/t19-/m0/s1. The molecular weight excluding hydrogens is 478 g/mol. The summed E-state index contributed by atoms with van der Waals surface area (Å²) >= 11 is 3.38. The second-order valence-corrected chi connectivity index (χ2v) is 7.91. The van der Waals surface area contributed by atoms with Crippen LogP contribution in [0.2, 0.25) is 0 Å². The molecule has 0 fully saturated rings. The van der Waals surface area contributed by atoms with E-state index in [4.69, 9.17) is 9.47 Å². The third-order valence-corrected chi connectivity index (χ3v) is 5.66. The predicted molar refractivity (Wildman–Crippen MR) is 123 cm³/mol. The van der Waals surface area contributed by atoms with Crippen LogP contribution in [0, 0.1) is 0 Å². The van der Waals surface area contributed by atoms with Crippen LogP contribution in [0.4, 0.5) is 11.6 Å². The first-order valence-electron chi connectivity index (χ1n) is 9.90. The van der Waals surface area contributed by atoms with Crippen LogP contribution < -0.4 is 20.1 Å². The SMILES string of the molecule is CCOc1cc([C@H]2C(C(=O)Nc3ccc(OC)cc3)=C(C)Nc3ncnn32)cc(Br)c1O. The maximum atomic E-state index is 13.4. The number of anilines is 2. The molecule has 0 saturated carbocycles. The summed E-state index contributed by atoms with van der Waals surface area (Å²) < 4.78 is 12.8. The van der Waals surface area contributed by atoms with E-state index < -0.39 is 6.04 Å². The van der Waals surface area contributed by atoms with Crippen LogP contribution in [0.1, 0.15) is 25.5 Å². The molecule has 0 saturated heterocycles. The number of amides is 1. The number of rotatable bonds is 6. The molecule has 1 atom stereocenters. The monoisotopic (exact) mass is 499 g/mol. The molecule has 1 amide bonds. The van der Waals surface area contributed by atoms with E-state index in [0.29, 0.717) is 51.0 Å². The van der Waals surface area contributed by atoms with Crippen molar-refractivity contribution in [2.75, 3.05) is 24.4 Å². The number of fused-ring (bicyclic) bond motifs is 1. The molecule has 4 rings (SSSR count). The number of ether oxygens (including phenoxy) is 2. The Labute approximate surface area is 193 Å². The number of aromatic nitrogens is 3. The van der Waals surface area contributed by atoms with E-state index in [2.05, 4.69) is 36.6 Å². The average molecular weight is 500 g/mol. The number of nitrogens with zero attached hydrogens (tertiary/aromatic N) is 3. The topological polar surface area (TPSA) is 111 Å². The Morgan fingerprint density at radius 3 is 2.75 bits per heavy atom. The first-order valence-corrected chi connectivity index (χ1v) is 10.7. The number of carbonyl (C=O) groups is 1. The number of phenolic OH excluding ortho intramolecular Hbond substituents is 1. The molecule has 0 radical (unpaired) electrons. The highest BCUT2D eigenvalue weighted by atomic mass is 79.9. The minimum Gasteiger partial charge on any atom is -0.503 e. The van der Waals surface area contributed by atoms with Crippen molar-refractivity contribution in [2.45, 2.75) is 19.9 Å². The van der Waals surface area contributed by atoms with Gasteiger partial charge in [-0.1, -0.05) is 0 Å².